The molecule has 2 rings (SSSR count). The third-order valence-corrected chi connectivity index (χ3v) is 3.11. The van der Waals surface area contributed by atoms with Crippen molar-refractivity contribution >= 4 is 11.9 Å². The molecule has 3 N–H and O–H groups in total. The predicted molar refractivity (Wildman–Crippen MR) is 80.4 cm³/mol. The van der Waals surface area contributed by atoms with Gasteiger partial charge in [0.15, 0.2) is 0 Å². The van der Waals surface area contributed by atoms with E-state index < -0.39 is 0 Å². The van der Waals surface area contributed by atoms with Gasteiger partial charge in [0, 0.05) is 19.6 Å². The van der Waals surface area contributed by atoms with Crippen LogP contribution in [0.4, 0.5) is 11.9 Å². The first-order chi connectivity index (χ1) is 10.3. The van der Waals surface area contributed by atoms with Crippen LogP contribution in [0.15, 0.2) is 0 Å². The van der Waals surface area contributed by atoms with Gasteiger partial charge in [-0.25, -0.2) is 0 Å². The molecule has 8 nitrogen and oxygen atoms in total. The lowest BCUT2D eigenvalue weighted by Gasteiger charge is -2.26. The monoisotopic (exact) mass is 296 g/mol. The Hall–Kier alpha value is -1.67. The van der Waals surface area contributed by atoms with Crippen molar-refractivity contribution in [2.75, 3.05) is 57.1 Å². The number of nitrogen functional groups attached to an aromatic ring is 1. The molecule has 1 fully saturated rings. The first-order valence-electron chi connectivity index (χ1n) is 7.46. The molecule has 1 aliphatic heterocycles. The fourth-order valence-electron chi connectivity index (χ4n) is 2.04. The zero-order valence-electron chi connectivity index (χ0n) is 12.5. The van der Waals surface area contributed by atoms with E-state index in [0.29, 0.717) is 12.6 Å². The third-order valence-electron chi connectivity index (χ3n) is 3.11. The van der Waals surface area contributed by atoms with Gasteiger partial charge in [-0.15, -0.1) is 0 Å². The summed E-state index contributed by atoms with van der Waals surface area (Å²) >= 11 is 0. The van der Waals surface area contributed by atoms with E-state index >= 15 is 0 Å². The van der Waals surface area contributed by atoms with Crippen LogP contribution in [0.3, 0.4) is 0 Å². The van der Waals surface area contributed by atoms with Crippen LogP contribution in [0.5, 0.6) is 6.01 Å². The van der Waals surface area contributed by atoms with Gasteiger partial charge in [-0.3, -0.25) is 4.90 Å². The van der Waals surface area contributed by atoms with Gasteiger partial charge in [0.1, 0.15) is 0 Å². The van der Waals surface area contributed by atoms with E-state index in [1.54, 1.807) is 0 Å². The van der Waals surface area contributed by atoms with Crippen LogP contribution in [0.2, 0.25) is 0 Å². The van der Waals surface area contributed by atoms with Crippen LogP contribution >= 0.6 is 0 Å². The van der Waals surface area contributed by atoms with Crippen LogP contribution in [0, 0.1) is 0 Å². The molecule has 1 saturated heterocycles. The number of hydrogen-bond acceptors (Lipinski definition) is 8. The average Bonchev–Trinajstić information content (AvgIpc) is 2.50. The molecule has 0 aromatic carbocycles. The smallest absolute Gasteiger partial charge is 0.323 e. The normalized spacial score (nSPS) is 15.9. The van der Waals surface area contributed by atoms with Crippen LogP contribution in [0.1, 0.15) is 19.8 Å². The molecule has 0 spiro atoms. The highest BCUT2D eigenvalue weighted by Gasteiger charge is 2.09. The molecule has 0 saturated carbocycles. The molecule has 0 atom stereocenters. The molecule has 0 radical (unpaired) electrons. The van der Waals surface area contributed by atoms with Gasteiger partial charge in [0.05, 0.1) is 19.8 Å². The number of ether oxygens (including phenoxy) is 2. The topological polar surface area (TPSA) is 98.4 Å². The minimum Gasteiger partial charge on any atom is -0.463 e. The van der Waals surface area contributed by atoms with E-state index in [0.717, 1.165) is 52.2 Å². The molecule has 21 heavy (non-hydrogen) atoms. The standard InChI is InChI=1S/C13H24N6O2/c1-2-8-21-13-17-11(14)16-12(18-13)15-4-3-5-19-6-9-20-10-7-19/h2-10H2,1H3,(H3,14,15,16,17,18). The fraction of sp³-hybridized carbons (Fsp3) is 0.769. The van der Waals surface area contributed by atoms with Crippen molar-refractivity contribution in [3.05, 3.63) is 0 Å². The predicted octanol–water partition coefficient (Wildman–Crippen LogP) is 0.377. The largest absolute Gasteiger partial charge is 0.463 e. The van der Waals surface area contributed by atoms with Crippen molar-refractivity contribution in [3.63, 3.8) is 0 Å². The Balaban J connectivity index is 1.72. The zero-order valence-corrected chi connectivity index (χ0v) is 12.5. The molecule has 1 aromatic rings. The maximum atomic E-state index is 5.65. The molecule has 0 bridgehead atoms. The number of nitrogens with two attached hydrogens (primary N) is 1. The Morgan fingerprint density at radius 2 is 2.10 bits per heavy atom. The third kappa shape index (κ3) is 5.68. The highest BCUT2D eigenvalue weighted by atomic mass is 16.5. The minimum absolute atomic E-state index is 0.173. The van der Waals surface area contributed by atoms with Gasteiger partial charge in [-0.2, -0.15) is 15.0 Å². The average molecular weight is 296 g/mol. The molecule has 0 unspecified atom stereocenters. The number of nitrogens with zero attached hydrogens (tertiary/aromatic N) is 4. The maximum absolute atomic E-state index is 5.65. The van der Waals surface area contributed by atoms with Crippen LogP contribution in [-0.4, -0.2) is 65.9 Å². The highest BCUT2D eigenvalue weighted by molar-refractivity contribution is 5.32. The molecule has 8 heteroatoms. The molecule has 0 aliphatic carbocycles. The van der Waals surface area contributed by atoms with Gasteiger partial charge >= 0.3 is 6.01 Å². The summed E-state index contributed by atoms with van der Waals surface area (Å²) in [5.41, 5.74) is 5.65. The second kappa shape index (κ2) is 8.58. The number of nitrogens with one attached hydrogen (secondary N) is 1. The van der Waals surface area contributed by atoms with Crippen molar-refractivity contribution in [1.82, 2.24) is 19.9 Å². The second-order valence-electron chi connectivity index (χ2n) is 4.88. The van der Waals surface area contributed by atoms with Crippen molar-refractivity contribution in [3.8, 4) is 6.01 Å². The second-order valence-corrected chi connectivity index (χ2v) is 4.88. The molecule has 1 aliphatic rings. The number of hydrogen-bond donors (Lipinski definition) is 2. The minimum atomic E-state index is 0.173. The lowest BCUT2D eigenvalue weighted by Crippen LogP contribution is -2.37. The van der Waals surface area contributed by atoms with Crippen molar-refractivity contribution in [2.45, 2.75) is 19.8 Å². The first kappa shape index (κ1) is 15.7. The Morgan fingerprint density at radius 3 is 2.86 bits per heavy atom. The Kier molecular flexibility index (Phi) is 6.42. The molecular formula is C13H24N6O2. The SMILES string of the molecule is CCCOc1nc(N)nc(NCCCN2CCOCC2)n1. The van der Waals surface area contributed by atoms with E-state index in [9.17, 15) is 0 Å². The Morgan fingerprint density at radius 1 is 1.29 bits per heavy atom. The molecule has 0 amide bonds. The van der Waals surface area contributed by atoms with Crippen molar-refractivity contribution in [2.24, 2.45) is 0 Å². The summed E-state index contributed by atoms with van der Waals surface area (Å²) in [6, 6.07) is 0.278. The van der Waals surface area contributed by atoms with Crippen molar-refractivity contribution < 1.29 is 9.47 Å². The van der Waals surface area contributed by atoms with Gasteiger partial charge in [-0.1, -0.05) is 6.92 Å². The van der Waals surface area contributed by atoms with E-state index in [1.165, 1.54) is 0 Å². The van der Waals surface area contributed by atoms with Gasteiger partial charge in [0.25, 0.3) is 0 Å². The summed E-state index contributed by atoms with van der Waals surface area (Å²) in [4.78, 5) is 14.6. The van der Waals surface area contributed by atoms with Crippen LogP contribution < -0.4 is 15.8 Å². The summed E-state index contributed by atoms with van der Waals surface area (Å²) in [6.07, 6.45) is 1.91. The maximum Gasteiger partial charge on any atom is 0.323 e. The van der Waals surface area contributed by atoms with Crippen LogP contribution in [-0.2, 0) is 4.74 Å². The fourth-order valence-corrected chi connectivity index (χ4v) is 2.04. The van der Waals surface area contributed by atoms with Gasteiger partial charge in [-0.05, 0) is 19.4 Å². The highest BCUT2D eigenvalue weighted by Crippen LogP contribution is 2.09. The number of aromatic nitrogens is 3. The molecule has 2 heterocycles. The first-order valence-corrected chi connectivity index (χ1v) is 7.46. The number of morpholine rings is 1. The number of anilines is 2. The molecule has 118 valence electrons. The summed E-state index contributed by atoms with van der Waals surface area (Å²) in [5, 5.41) is 3.16. The van der Waals surface area contributed by atoms with E-state index in [1.807, 2.05) is 6.92 Å². The summed E-state index contributed by atoms with van der Waals surface area (Å²) < 4.78 is 10.7. The Labute approximate surface area is 125 Å². The zero-order chi connectivity index (χ0) is 14.9. The van der Waals surface area contributed by atoms with Gasteiger partial charge < -0.3 is 20.5 Å². The quantitative estimate of drug-likeness (QED) is 0.664. The summed E-state index contributed by atoms with van der Waals surface area (Å²) in [7, 11) is 0. The lowest BCUT2D eigenvalue weighted by molar-refractivity contribution is 0.0378. The van der Waals surface area contributed by atoms with E-state index in [2.05, 4.69) is 25.2 Å². The van der Waals surface area contributed by atoms with E-state index in [4.69, 9.17) is 15.2 Å². The molecule has 1 aromatic heterocycles. The number of rotatable bonds is 8. The summed E-state index contributed by atoms with van der Waals surface area (Å²) in [6.45, 7) is 8.09. The van der Waals surface area contributed by atoms with Crippen molar-refractivity contribution in [1.29, 1.82) is 0 Å². The molecular weight excluding hydrogens is 272 g/mol. The lowest BCUT2D eigenvalue weighted by atomic mass is 10.3. The van der Waals surface area contributed by atoms with Crippen LogP contribution in [0.25, 0.3) is 0 Å². The van der Waals surface area contributed by atoms with Gasteiger partial charge in [0.2, 0.25) is 11.9 Å². The Bertz CT molecular complexity index is 425. The van der Waals surface area contributed by atoms with E-state index in [-0.39, 0.29) is 12.0 Å². The summed E-state index contributed by atoms with van der Waals surface area (Å²) in [5.74, 6) is 0.641.